The van der Waals surface area contributed by atoms with Gasteiger partial charge in [0.05, 0.1) is 43.2 Å². The van der Waals surface area contributed by atoms with Crippen molar-refractivity contribution in [3.63, 3.8) is 0 Å². The summed E-state index contributed by atoms with van der Waals surface area (Å²) in [6, 6.07) is 0. The van der Waals surface area contributed by atoms with Crippen LogP contribution in [0, 0.1) is 0 Å². The molecule has 0 saturated carbocycles. The Morgan fingerprint density at radius 2 is 1.82 bits per heavy atom. The molecule has 10 heteroatoms. The van der Waals surface area contributed by atoms with Crippen molar-refractivity contribution in [2.24, 2.45) is 0 Å². The van der Waals surface area contributed by atoms with Gasteiger partial charge in [-0.05, 0) is 41.5 Å². The molecule has 28 heavy (non-hydrogen) atoms. The van der Waals surface area contributed by atoms with Crippen LogP contribution in [0.25, 0.3) is 0 Å². The second-order valence-electron chi connectivity index (χ2n) is 8.15. The van der Waals surface area contributed by atoms with Gasteiger partial charge in [0.25, 0.3) is 0 Å². The maximum Gasteiger partial charge on any atom is 0.403 e. The minimum atomic E-state index is -4.20. The van der Waals surface area contributed by atoms with Gasteiger partial charge in [-0.2, -0.15) is 0 Å². The third kappa shape index (κ3) is 7.00. The molecule has 8 atom stereocenters. The van der Waals surface area contributed by atoms with Gasteiger partial charge in [-0.15, -0.1) is 0 Å². The van der Waals surface area contributed by atoms with Crippen LogP contribution in [-0.2, 0) is 28.0 Å². The fraction of sp³-hybridized carbons (Fsp3) is 1.00. The monoisotopic (exact) mass is 425 g/mol. The van der Waals surface area contributed by atoms with Crippen LogP contribution in [0.3, 0.4) is 0 Å². The topological polar surface area (TPSA) is 116 Å². The second-order valence-corrected chi connectivity index (χ2v) is 9.72. The van der Waals surface area contributed by atoms with Gasteiger partial charge in [0, 0.05) is 13.0 Å². The van der Waals surface area contributed by atoms with Gasteiger partial charge in [-0.25, -0.2) is 9.65 Å². The second kappa shape index (κ2) is 10.3. The minimum absolute atomic E-state index is 0.0120. The minimum Gasteiger partial charge on any atom is -0.388 e. The van der Waals surface area contributed by atoms with Crippen LogP contribution in [0.15, 0.2) is 0 Å². The van der Waals surface area contributed by atoms with Crippen molar-refractivity contribution in [1.29, 1.82) is 0 Å². The van der Waals surface area contributed by atoms with E-state index in [9.17, 15) is 14.6 Å². The van der Waals surface area contributed by atoms with E-state index in [0.717, 1.165) is 6.42 Å². The van der Waals surface area contributed by atoms with Crippen molar-refractivity contribution in [2.45, 2.75) is 103 Å². The number of aliphatic hydroxyl groups is 1. The highest BCUT2D eigenvalue weighted by molar-refractivity contribution is 7.50. The van der Waals surface area contributed by atoms with Crippen LogP contribution < -0.4 is 5.09 Å². The van der Waals surface area contributed by atoms with Gasteiger partial charge in [-0.3, -0.25) is 4.52 Å². The molecular weight excluding hydrogens is 389 g/mol. The first-order chi connectivity index (χ1) is 13.0. The fourth-order valence-electron chi connectivity index (χ4n) is 3.47. The van der Waals surface area contributed by atoms with E-state index in [1.165, 1.54) is 0 Å². The zero-order valence-electron chi connectivity index (χ0n) is 17.6. The lowest BCUT2D eigenvalue weighted by molar-refractivity contribution is -0.0533. The maximum atomic E-state index is 12.6. The van der Waals surface area contributed by atoms with Crippen LogP contribution in [0.1, 0.15) is 48.0 Å². The van der Waals surface area contributed by atoms with E-state index >= 15 is 0 Å². The molecule has 2 fully saturated rings. The average Bonchev–Trinajstić information content (AvgIpc) is 3.04. The van der Waals surface area contributed by atoms with E-state index in [2.05, 4.69) is 5.09 Å². The van der Waals surface area contributed by atoms with Crippen molar-refractivity contribution in [3.8, 4) is 0 Å². The quantitative estimate of drug-likeness (QED) is 0.449. The van der Waals surface area contributed by atoms with Crippen molar-refractivity contribution in [2.75, 3.05) is 13.2 Å². The van der Waals surface area contributed by atoms with Gasteiger partial charge < -0.3 is 28.9 Å². The standard InChI is InChI=1S/C18H36NO8P/c1-10(2)23-9-16-18(17(20)13(6)26-16)27-28(21,22)19-8-15-14(24-11(3)4)7-12(5)25-15/h10-18,20H,7-9H2,1-6H3,(H2,19,21,22)/t12-,13-,14?,15+,16+,17?,18?/m0/s1. The summed E-state index contributed by atoms with van der Waals surface area (Å²) in [5.41, 5.74) is 0. The lowest BCUT2D eigenvalue weighted by Crippen LogP contribution is -2.39. The zero-order valence-corrected chi connectivity index (χ0v) is 18.5. The Kier molecular flexibility index (Phi) is 8.88. The smallest absolute Gasteiger partial charge is 0.388 e. The van der Waals surface area contributed by atoms with Crippen LogP contribution in [0.4, 0.5) is 0 Å². The Bertz CT molecular complexity index is 534. The molecule has 3 N–H and O–H groups in total. The molecule has 2 aliphatic heterocycles. The molecule has 166 valence electrons. The molecule has 0 aromatic carbocycles. The van der Waals surface area contributed by atoms with Crippen LogP contribution >= 0.6 is 7.75 Å². The predicted octanol–water partition coefficient (Wildman–Crippen LogP) is 1.61. The van der Waals surface area contributed by atoms with E-state index < -0.39 is 32.2 Å². The molecule has 0 amide bonds. The number of hydrogen-bond donors (Lipinski definition) is 3. The van der Waals surface area contributed by atoms with Gasteiger partial charge in [0.2, 0.25) is 0 Å². The zero-order chi connectivity index (χ0) is 21.1. The number of rotatable bonds is 10. The number of nitrogens with one attached hydrogen (secondary N) is 1. The first kappa shape index (κ1) is 24.2. The summed E-state index contributed by atoms with van der Waals surface area (Å²) < 4.78 is 40.8. The Balaban J connectivity index is 1.93. The molecule has 0 aromatic rings. The van der Waals surface area contributed by atoms with E-state index in [4.69, 9.17) is 23.5 Å². The molecule has 0 aliphatic carbocycles. The van der Waals surface area contributed by atoms with Gasteiger partial charge in [-0.1, -0.05) is 0 Å². The Labute approximate surface area is 167 Å². The molecule has 0 aromatic heterocycles. The molecule has 9 nitrogen and oxygen atoms in total. The highest BCUT2D eigenvalue weighted by atomic mass is 31.2. The summed E-state index contributed by atoms with van der Waals surface area (Å²) in [5.74, 6) is 0. The first-order valence-electron chi connectivity index (χ1n) is 10.0. The van der Waals surface area contributed by atoms with E-state index in [-0.39, 0.29) is 43.7 Å². The molecule has 2 heterocycles. The van der Waals surface area contributed by atoms with E-state index in [1.807, 2.05) is 34.6 Å². The van der Waals surface area contributed by atoms with E-state index in [1.54, 1.807) is 6.92 Å². The van der Waals surface area contributed by atoms with Crippen LogP contribution in [0.2, 0.25) is 0 Å². The third-order valence-electron chi connectivity index (χ3n) is 4.76. The first-order valence-corrected chi connectivity index (χ1v) is 11.6. The third-order valence-corrected chi connectivity index (χ3v) is 5.87. The van der Waals surface area contributed by atoms with Crippen LogP contribution in [0.5, 0.6) is 0 Å². The molecule has 0 radical (unpaired) electrons. The summed E-state index contributed by atoms with van der Waals surface area (Å²) in [5, 5.41) is 12.9. The highest BCUT2D eigenvalue weighted by Gasteiger charge is 2.46. The highest BCUT2D eigenvalue weighted by Crippen LogP contribution is 2.43. The predicted molar refractivity (Wildman–Crippen MR) is 103 cm³/mol. The summed E-state index contributed by atoms with van der Waals surface area (Å²) >= 11 is 0. The summed E-state index contributed by atoms with van der Waals surface area (Å²) in [4.78, 5) is 10.3. The lowest BCUT2D eigenvalue weighted by Gasteiger charge is -2.26. The Morgan fingerprint density at radius 1 is 1.14 bits per heavy atom. The SMILES string of the molecule is CC(C)OC[C@H]1O[C@@H](C)C(O)C1OP(=O)(O)NC[C@H]1O[C@@H](C)CC1OC(C)C. The normalized spacial score (nSPS) is 38.4. The van der Waals surface area contributed by atoms with Crippen LogP contribution in [-0.4, -0.2) is 78.1 Å². The molecule has 2 saturated heterocycles. The van der Waals surface area contributed by atoms with Gasteiger partial charge in [0.1, 0.15) is 18.3 Å². The summed E-state index contributed by atoms with van der Waals surface area (Å²) in [7, 11) is -4.20. The molecule has 0 spiro atoms. The molecule has 2 aliphatic rings. The van der Waals surface area contributed by atoms with E-state index in [0.29, 0.717) is 0 Å². The van der Waals surface area contributed by atoms with Gasteiger partial charge in [0.15, 0.2) is 0 Å². The van der Waals surface area contributed by atoms with Crippen molar-refractivity contribution in [3.05, 3.63) is 0 Å². The van der Waals surface area contributed by atoms with Crippen molar-refractivity contribution in [1.82, 2.24) is 5.09 Å². The van der Waals surface area contributed by atoms with Gasteiger partial charge >= 0.3 is 7.75 Å². The number of ether oxygens (including phenoxy) is 4. The average molecular weight is 425 g/mol. The molecular formula is C18H36NO8P. The molecule has 4 unspecified atom stereocenters. The number of aliphatic hydroxyl groups excluding tert-OH is 1. The fourth-order valence-corrected chi connectivity index (χ4v) is 4.55. The summed E-state index contributed by atoms with van der Waals surface area (Å²) in [6.07, 6.45) is -2.92. The number of hydrogen-bond acceptors (Lipinski definition) is 7. The largest absolute Gasteiger partial charge is 0.403 e. The van der Waals surface area contributed by atoms with Crippen molar-refractivity contribution >= 4 is 7.75 Å². The molecule has 2 rings (SSSR count). The summed E-state index contributed by atoms with van der Waals surface area (Å²) in [6.45, 7) is 11.5. The molecule has 0 bridgehead atoms. The Hall–Kier alpha value is -0.0900. The van der Waals surface area contributed by atoms with Crippen molar-refractivity contribution < 1.29 is 38.0 Å². The lowest BCUT2D eigenvalue weighted by atomic mass is 10.1. The Morgan fingerprint density at radius 3 is 2.43 bits per heavy atom. The maximum absolute atomic E-state index is 12.6.